The number of aryl methyl sites for hydroxylation is 1. The number of rotatable bonds is 6. The molecule has 2 aromatic heterocycles. The number of aromatic nitrogens is 1. The molecule has 4 rings (SSSR count). The van der Waals surface area contributed by atoms with Crippen LogP contribution in [0.2, 0.25) is 0 Å². The Kier molecular flexibility index (Phi) is 6.48. The predicted octanol–water partition coefficient (Wildman–Crippen LogP) is 5.08. The molecule has 0 aliphatic carbocycles. The Morgan fingerprint density at radius 1 is 1.14 bits per heavy atom. The maximum absolute atomic E-state index is 12.6. The number of carbonyl (C=O) groups is 2. The van der Waals surface area contributed by atoms with Crippen molar-refractivity contribution in [1.29, 1.82) is 0 Å². The van der Waals surface area contributed by atoms with Gasteiger partial charge in [0.2, 0.25) is 0 Å². The van der Waals surface area contributed by atoms with E-state index >= 15 is 0 Å². The number of nitrogens with one attached hydrogen (secondary N) is 1. The second-order valence-corrected chi connectivity index (χ2v) is 8.98. The minimum Gasteiger partial charge on any atom is -0.465 e. The number of amides is 1. The Balaban J connectivity index is 1.56. The predicted molar refractivity (Wildman–Crippen MR) is 135 cm³/mol. The number of nitrogens with zero attached hydrogens (tertiary/aromatic N) is 3. The van der Waals surface area contributed by atoms with Crippen molar-refractivity contribution in [3.63, 3.8) is 0 Å². The standard InChI is InChI=1S/C25H22N4O5S/c1-14-10-18(16(3)28(14)21-7-5-6-20(15(21)2)25(31)34-4)13-26-27-24(30)23-12-17-11-19(29(32)33)8-9-22(17)35-23/h5-13H,1-4H3,(H,27,30)/b26-13-. The molecule has 4 aromatic rings. The molecular formula is C25H22N4O5S. The number of hydrazone groups is 1. The molecule has 2 heterocycles. The molecule has 9 nitrogen and oxygen atoms in total. The van der Waals surface area contributed by atoms with Gasteiger partial charge in [-0.05, 0) is 56.7 Å². The Labute approximate surface area is 204 Å². The number of nitro benzene ring substituents is 1. The van der Waals surface area contributed by atoms with Crippen molar-refractivity contribution in [2.24, 2.45) is 5.10 Å². The van der Waals surface area contributed by atoms with E-state index in [1.165, 1.54) is 30.6 Å². The van der Waals surface area contributed by atoms with Crippen LogP contribution in [0, 0.1) is 30.9 Å². The number of methoxy groups -OCH3 is 1. The number of nitro groups is 1. The highest BCUT2D eigenvalue weighted by Crippen LogP contribution is 2.29. The molecule has 0 bridgehead atoms. The van der Waals surface area contributed by atoms with Gasteiger partial charge in [-0.25, -0.2) is 10.2 Å². The lowest BCUT2D eigenvalue weighted by Crippen LogP contribution is -2.16. The fraction of sp³-hybridized carbons (Fsp3) is 0.160. The fourth-order valence-electron chi connectivity index (χ4n) is 3.96. The molecule has 1 N–H and O–H groups in total. The first-order valence-electron chi connectivity index (χ1n) is 10.6. The minimum atomic E-state index is -0.467. The van der Waals surface area contributed by atoms with Crippen LogP contribution in [-0.4, -0.2) is 34.7 Å². The van der Waals surface area contributed by atoms with E-state index in [4.69, 9.17) is 4.74 Å². The highest BCUT2D eigenvalue weighted by molar-refractivity contribution is 7.20. The summed E-state index contributed by atoms with van der Waals surface area (Å²) < 4.78 is 7.68. The lowest BCUT2D eigenvalue weighted by atomic mass is 10.1. The van der Waals surface area contributed by atoms with Crippen LogP contribution in [0.1, 0.15) is 42.5 Å². The van der Waals surface area contributed by atoms with Gasteiger partial charge in [0.05, 0.1) is 28.7 Å². The van der Waals surface area contributed by atoms with Gasteiger partial charge in [-0.1, -0.05) is 6.07 Å². The van der Waals surface area contributed by atoms with Gasteiger partial charge in [0.1, 0.15) is 0 Å². The number of hydrogen-bond donors (Lipinski definition) is 1. The summed E-state index contributed by atoms with van der Waals surface area (Å²) in [7, 11) is 1.35. The van der Waals surface area contributed by atoms with E-state index < -0.39 is 16.8 Å². The number of hydrogen-bond acceptors (Lipinski definition) is 7. The maximum atomic E-state index is 12.6. The molecule has 10 heteroatoms. The van der Waals surface area contributed by atoms with Gasteiger partial charge in [0, 0.05) is 44.9 Å². The van der Waals surface area contributed by atoms with Crippen LogP contribution in [0.25, 0.3) is 15.8 Å². The average Bonchev–Trinajstić information content (AvgIpc) is 3.38. The fourth-order valence-corrected chi connectivity index (χ4v) is 4.89. The van der Waals surface area contributed by atoms with Gasteiger partial charge in [-0.3, -0.25) is 14.9 Å². The van der Waals surface area contributed by atoms with Crippen molar-refractivity contribution in [2.45, 2.75) is 20.8 Å². The van der Waals surface area contributed by atoms with Crippen molar-refractivity contribution in [2.75, 3.05) is 7.11 Å². The number of non-ortho nitro benzene ring substituents is 1. The van der Waals surface area contributed by atoms with Gasteiger partial charge < -0.3 is 9.30 Å². The zero-order valence-electron chi connectivity index (χ0n) is 19.5. The van der Waals surface area contributed by atoms with Crippen LogP contribution in [0.4, 0.5) is 5.69 Å². The zero-order chi connectivity index (χ0) is 25.3. The number of thiophene rings is 1. The van der Waals surface area contributed by atoms with Crippen molar-refractivity contribution < 1.29 is 19.2 Å². The summed E-state index contributed by atoms with van der Waals surface area (Å²) >= 11 is 1.24. The van der Waals surface area contributed by atoms with Crippen LogP contribution in [0.15, 0.2) is 53.6 Å². The first kappa shape index (κ1) is 23.8. The lowest BCUT2D eigenvalue weighted by Gasteiger charge is -2.15. The monoisotopic (exact) mass is 490 g/mol. The molecule has 0 unspecified atom stereocenters. The molecular weight excluding hydrogens is 468 g/mol. The van der Waals surface area contributed by atoms with Crippen molar-refractivity contribution in [1.82, 2.24) is 9.99 Å². The summed E-state index contributed by atoms with van der Waals surface area (Å²) in [5.41, 5.74) is 7.27. The maximum Gasteiger partial charge on any atom is 0.338 e. The van der Waals surface area contributed by atoms with Crippen molar-refractivity contribution >= 4 is 45.2 Å². The normalized spacial score (nSPS) is 11.2. The molecule has 0 saturated carbocycles. The number of carbonyl (C=O) groups excluding carboxylic acids is 2. The molecule has 35 heavy (non-hydrogen) atoms. The smallest absolute Gasteiger partial charge is 0.338 e. The Hall–Kier alpha value is -4.31. The third-order valence-electron chi connectivity index (χ3n) is 5.73. The molecule has 178 valence electrons. The molecule has 1 amide bonds. The van der Waals surface area contributed by atoms with Crippen molar-refractivity contribution in [3.8, 4) is 5.69 Å². The Bertz CT molecular complexity index is 1520. The van der Waals surface area contributed by atoms with E-state index in [-0.39, 0.29) is 5.69 Å². The highest BCUT2D eigenvalue weighted by atomic mass is 32.1. The molecule has 0 saturated heterocycles. The third-order valence-corrected chi connectivity index (χ3v) is 6.84. The van der Waals surface area contributed by atoms with E-state index in [0.717, 1.165) is 32.9 Å². The molecule has 2 aromatic carbocycles. The first-order valence-corrected chi connectivity index (χ1v) is 11.4. The van der Waals surface area contributed by atoms with Crippen LogP contribution in [0.5, 0.6) is 0 Å². The van der Waals surface area contributed by atoms with Crippen LogP contribution in [-0.2, 0) is 4.74 Å². The molecule has 0 fully saturated rings. The second-order valence-electron chi connectivity index (χ2n) is 7.89. The van der Waals surface area contributed by atoms with Crippen molar-refractivity contribution in [3.05, 3.63) is 91.6 Å². The van der Waals surface area contributed by atoms with Gasteiger partial charge in [0.25, 0.3) is 11.6 Å². The quantitative estimate of drug-likeness (QED) is 0.175. The van der Waals surface area contributed by atoms with E-state index in [1.807, 2.05) is 37.5 Å². The summed E-state index contributed by atoms with van der Waals surface area (Å²) in [4.78, 5) is 35.6. The number of esters is 1. The second kappa shape index (κ2) is 9.51. The number of benzene rings is 2. The van der Waals surface area contributed by atoms with Gasteiger partial charge in [-0.2, -0.15) is 5.10 Å². The van der Waals surface area contributed by atoms with Gasteiger partial charge >= 0.3 is 5.97 Å². The Morgan fingerprint density at radius 3 is 2.63 bits per heavy atom. The largest absolute Gasteiger partial charge is 0.465 e. The molecule has 0 aliphatic heterocycles. The third kappa shape index (κ3) is 4.56. The molecule has 0 atom stereocenters. The molecule has 0 radical (unpaired) electrons. The van der Waals surface area contributed by atoms with E-state index in [0.29, 0.717) is 15.8 Å². The van der Waals surface area contributed by atoms with Crippen LogP contribution < -0.4 is 5.43 Å². The summed E-state index contributed by atoms with van der Waals surface area (Å²) in [6.07, 6.45) is 1.56. The number of ether oxygens (including phenoxy) is 1. The SMILES string of the molecule is COC(=O)c1cccc(-n2c(C)cc(/C=N\NC(=O)c3cc4cc([N+](=O)[O-])ccc4s3)c2C)c1C. The summed E-state index contributed by atoms with van der Waals surface area (Å²) in [6.45, 7) is 5.75. The van der Waals surface area contributed by atoms with E-state index in [2.05, 4.69) is 10.5 Å². The highest BCUT2D eigenvalue weighted by Gasteiger charge is 2.17. The lowest BCUT2D eigenvalue weighted by molar-refractivity contribution is -0.384. The van der Waals surface area contributed by atoms with Crippen LogP contribution >= 0.6 is 11.3 Å². The molecule has 0 aliphatic rings. The first-order chi connectivity index (χ1) is 16.7. The van der Waals surface area contributed by atoms with Crippen LogP contribution in [0.3, 0.4) is 0 Å². The topological polar surface area (TPSA) is 116 Å². The minimum absolute atomic E-state index is 0.0250. The molecule has 0 spiro atoms. The number of fused-ring (bicyclic) bond motifs is 1. The zero-order valence-corrected chi connectivity index (χ0v) is 20.3. The summed E-state index contributed by atoms with van der Waals surface area (Å²) in [5, 5.41) is 15.7. The summed E-state index contributed by atoms with van der Waals surface area (Å²) in [5.74, 6) is -0.798. The van der Waals surface area contributed by atoms with E-state index in [1.54, 1.807) is 30.5 Å². The average molecular weight is 491 g/mol. The van der Waals surface area contributed by atoms with E-state index in [9.17, 15) is 19.7 Å². The van der Waals surface area contributed by atoms with Gasteiger partial charge in [-0.15, -0.1) is 11.3 Å². The Morgan fingerprint density at radius 2 is 1.91 bits per heavy atom. The van der Waals surface area contributed by atoms with Gasteiger partial charge in [0.15, 0.2) is 0 Å². The summed E-state index contributed by atoms with van der Waals surface area (Å²) in [6, 6.07) is 13.5.